The number of amides is 2. The number of carbonyl (C=O) groups is 2. The van der Waals surface area contributed by atoms with Crippen LogP contribution in [0, 0.1) is 0 Å². The first kappa shape index (κ1) is 31.3. The van der Waals surface area contributed by atoms with E-state index in [1.54, 1.807) is 54.3 Å². The normalized spacial score (nSPS) is 16.1. The van der Waals surface area contributed by atoms with E-state index >= 15 is 0 Å². The molecule has 2 amide bonds. The summed E-state index contributed by atoms with van der Waals surface area (Å²) in [7, 11) is 0. The molecule has 0 bridgehead atoms. The third kappa shape index (κ3) is 8.00. The highest BCUT2D eigenvalue weighted by Gasteiger charge is 2.35. The van der Waals surface area contributed by atoms with Crippen molar-refractivity contribution in [1.82, 2.24) is 10.2 Å². The van der Waals surface area contributed by atoms with Gasteiger partial charge in [0, 0.05) is 30.1 Å². The minimum Gasteiger partial charge on any atom is -0.459 e. The van der Waals surface area contributed by atoms with Crippen molar-refractivity contribution in [3.05, 3.63) is 95.0 Å². The number of alkyl halides is 4. The van der Waals surface area contributed by atoms with Gasteiger partial charge in [-0.25, -0.2) is 9.38 Å². The van der Waals surface area contributed by atoms with E-state index in [-0.39, 0.29) is 53.4 Å². The lowest BCUT2D eigenvalue weighted by atomic mass is 9.95. The number of carbonyl (C=O) groups excluding carboxylic acids is 2. The Morgan fingerprint density at radius 1 is 1.09 bits per heavy atom. The van der Waals surface area contributed by atoms with Gasteiger partial charge < -0.3 is 20.4 Å². The van der Waals surface area contributed by atoms with Crippen molar-refractivity contribution < 1.29 is 31.6 Å². The highest BCUT2D eigenvalue weighted by molar-refractivity contribution is 5.95. The highest BCUT2D eigenvalue weighted by Crippen LogP contribution is 2.39. The number of hydrogen-bond donors (Lipinski definition) is 2. The Morgan fingerprint density at radius 2 is 1.77 bits per heavy atom. The van der Waals surface area contributed by atoms with Gasteiger partial charge in [-0.2, -0.15) is 13.2 Å². The molecule has 3 aromatic rings. The van der Waals surface area contributed by atoms with Crippen LogP contribution >= 0.6 is 0 Å². The lowest BCUT2D eigenvalue weighted by Gasteiger charge is -2.34. The third-order valence-corrected chi connectivity index (χ3v) is 7.17. The van der Waals surface area contributed by atoms with Gasteiger partial charge in [-0.05, 0) is 80.9 Å². The molecule has 1 aliphatic rings. The van der Waals surface area contributed by atoms with E-state index in [0.29, 0.717) is 29.8 Å². The minimum absolute atomic E-state index is 0.130. The Bertz CT molecular complexity index is 1610. The Kier molecular flexibility index (Phi) is 9.22. The number of piperidine rings is 1. The summed E-state index contributed by atoms with van der Waals surface area (Å²) >= 11 is 0. The van der Waals surface area contributed by atoms with E-state index in [1.807, 2.05) is 0 Å². The molecule has 1 fully saturated rings. The second-order valence-electron chi connectivity index (χ2n) is 10.6. The van der Waals surface area contributed by atoms with Crippen LogP contribution in [0.5, 0.6) is 0 Å². The summed E-state index contributed by atoms with van der Waals surface area (Å²) in [6.45, 7) is 7.04. The molecule has 0 spiro atoms. The number of furan rings is 1. The standard InChI is InChI=1S/C32H32F4N4O3/c1-20(4-10-27(37)38-3)5-11-28(41)39-19-25-17-24-16-23(18-26(29(24)43-25)32(34,35)36)21-6-8-22(9-7-21)30(42)40-14-12-31(2,33)13-15-40/h4-11,16-18H,3,12-15,19,37H2,1-2H3,(H,39,41)/b11-5+,20-4+,27-10-. The zero-order valence-corrected chi connectivity index (χ0v) is 23.8. The maximum Gasteiger partial charge on any atom is 0.420 e. The van der Waals surface area contributed by atoms with Crippen molar-refractivity contribution in [2.45, 2.75) is 45.1 Å². The van der Waals surface area contributed by atoms with Crippen LogP contribution in [0.15, 0.2) is 87.6 Å². The Labute approximate surface area is 246 Å². The van der Waals surface area contributed by atoms with E-state index < -0.39 is 23.3 Å². The molecule has 0 atom stereocenters. The van der Waals surface area contributed by atoms with Crippen molar-refractivity contribution in [3.8, 4) is 11.1 Å². The van der Waals surface area contributed by atoms with Gasteiger partial charge in [-0.1, -0.05) is 29.9 Å². The van der Waals surface area contributed by atoms with Gasteiger partial charge in [0.05, 0.1) is 12.1 Å². The van der Waals surface area contributed by atoms with E-state index in [2.05, 4.69) is 17.0 Å². The van der Waals surface area contributed by atoms with Crippen LogP contribution in [0.25, 0.3) is 22.1 Å². The van der Waals surface area contributed by atoms with Gasteiger partial charge in [0.25, 0.3) is 5.91 Å². The number of hydrogen-bond acceptors (Lipinski definition) is 5. The first-order valence-corrected chi connectivity index (χ1v) is 13.5. The molecule has 1 saturated heterocycles. The summed E-state index contributed by atoms with van der Waals surface area (Å²) in [6, 6.07) is 10.3. The Balaban J connectivity index is 1.51. The third-order valence-electron chi connectivity index (χ3n) is 7.17. The summed E-state index contributed by atoms with van der Waals surface area (Å²) in [4.78, 5) is 30.2. The van der Waals surface area contributed by atoms with E-state index in [1.165, 1.54) is 25.1 Å². The molecule has 1 aromatic heterocycles. The number of halogens is 4. The first-order chi connectivity index (χ1) is 20.3. The van der Waals surface area contributed by atoms with E-state index in [4.69, 9.17) is 10.2 Å². The number of aliphatic imine (C=N–C) groups is 1. The largest absolute Gasteiger partial charge is 0.459 e. The lowest BCUT2D eigenvalue weighted by Crippen LogP contribution is -2.43. The topological polar surface area (TPSA) is 101 Å². The number of nitrogens with zero attached hydrogens (tertiary/aromatic N) is 2. The molecule has 7 nitrogen and oxygen atoms in total. The summed E-state index contributed by atoms with van der Waals surface area (Å²) < 4.78 is 61.7. The Hall–Kier alpha value is -4.67. The number of benzene rings is 2. The average Bonchev–Trinajstić information content (AvgIpc) is 3.39. The molecule has 1 aliphatic heterocycles. The van der Waals surface area contributed by atoms with Crippen LogP contribution in [0.3, 0.4) is 0 Å². The smallest absolute Gasteiger partial charge is 0.420 e. The number of fused-ring (bicyclic) bond motifs is 1. The zero-order valence-electron chi connectivity index (χ0n) is 23.8. The molecule has 43 heavy (non-hydrogen) atoms. The number of allylic oxidation sites excluding steroid dienone is 4. The quantitative estimate of drug-likeness (QED) is 0.131. The average molecular weight is 597 g/mol. The van der Waals surface area contributed by atoms with Crippen molar-refractivity contribution in [1.29, 1.82) is 0 Å². The van der Waals surface area contributed by atoms with Crippen LogP contribution in [0.2, 0.25) is 0 Å². The van der Waals surface area contributed by atoms with Gasteiger partial charge in [0.2, 0.25) is 5.91 Å². The van der Waals surface area contributed by atoms with E-state index in [0.717, 1.165) is 6.07 Å². The minimum atomic E-state index is -4.70. The summed E-state index contributed by atoms with van der Waals surface area (Å²) in [5.74, 6) is -0.355. The predicted molar refractivity (Wildman–Crippen MR) is 158 cm³/mol. The molecule has 0 radical (unpaired) electrons. The number of nitrogens with two attached hydrogens (primary N) is 1. The molecule has 11 heteroatoms. The summed E-state index contributed by atoms with van der Waals surface area (Å²) in [5.41, 5.74) is 4.78. The number of nitrogens with one attached hydrogen (secondary N) is 1. The fourth-order valence-electron chi connectivity index (χ4n) is 4.60. The lowest BCUT2D eigenvalue weighted by molar-refractivity contribution is -0.136. The maximum atomic E-state index is 14.1. The molecular formula is C32H32F4N4O3. The molecular weight excluding hydrogens is 564 g/mol. The van der Waals surface area contributed by atoms with Gasteiger partial charge >= 0.3 is 6.18 Å². The molecule has 4 rings (SSSR count). The molecule has 3 N–H and O–H groups in total. The molecule has 0 aliphatic carbocycles. The second-order valence-corrected chi connectivity index (χ2v) is 10.6. The van der Waals surface area contributed by atoms with Gasteiger partial charge in [-0.15, -0.1) is 0 Å². The van der Waals surface area contributed by atoms with Gasteiger partial charge in [0.15, 0.2) is 0 Å². The van der Waals surface area contributed by atoms with Crippen molar-refractivity contribution in [2.75, 3.05) is 13.1 Å². The van der Waals surface area contributed by atoms with Crippen molar-refractivity contribution >= 4 is 29.5 Å². The fraction of sp³-hybridized carbons (Fsp3) is 0.281. The Morgan fingerprint density at radius 3 is 2.40 bits per heavy atom. The first-order valence-electron chi connectivity index (χ1n) is 13.5. The monoisotopic (exact) mass is 596 g/mol. The highest BCUT2D eigenvalue weighted by atomic mass is 19.4. The molecule has 2 aromatic carbocycles. The predicted octanol–water partition coefficient (Wildman–Crippen LogP) is 6.70. The van der Waals surface area contributed by atoms with Gasteiger partial charge in [0.1, 0.15) is 22.8 Å². The van der Waals surface area contributed by atoms with Crippen LogP contribution in [0.4, 0.5) is 17.6 Å². The summed E-state index contributed by atoms with van der Waals surface area (Å²) in [5, 5.41) is 2.80. The molecule has 2 heterocycles. The van der Waals surface area contributed by atoms with Crippen LogP contribution in [-0.4, -0.2) is 42.2 Å². The number of rotatable bonds is 8. The van der Waals surface area contributed by atoms with Crippen LogP contribution in [0.1, 0.15) is 48.4 Å². The van der Waals surface area contributed by atoms with Crippen LogP contribution < -0.4 is 11.1 Å². The van der Waals surface area contributed by atoms with Gasteiger partial charge in [-0.3, -0.25) is 9.59 Å². The molecule has 0 saturated carbocycles. The second kappa shape index (κ2) is 12.7. The zero-order chi connectivity index (χ0) is 31.4. The van der Waals surface area contributed by atoms with Crippen LogP contribution in [-0.2, 0) is 17.5 Å². The molecule has 226 valence electrons. The summed E-state index contributed by atoms with van der Waals surface area (Å²) in [6.07, 6.45) is 1.79. The molecule has 0 unspecified atom stereocenters. The maximum absolute atomic E-state index is 14.1. The van der Waals surface area contributed by atoms with E-state index in [9.17, 15) is 27.2 Å². The number of likely N-dealkylation sites (tertiary alicyclic amines) is 1. The fourth-order valence-corrected chi connectivity index (χ4v) is 4.60. The SMILES string of the molecule is C=N\C(N)=C/C=C(C)/C=C/C(=O)NCc1cc2cc(-c3ccc(C(=O)N4CCC(C)(F)CC4)cc3)cc(C(F)(F)F)c2o1. The van der Waals surface area contributed by atoms with Crippen molar-refractivity contribution in [3.63, 3.8) is 0 Å². The van der Waals surface area contributed by atoms with Crippen molar-refractivity contribution in [2.24, 2.45) is 10.7 Å².